The number of aliphatic hydroxyl groups excluding tert-OH is 1. The summed E-state index contributed by atoms with van der Waals surface area (Å²) in [5.41, 5.74) is 3.07. The topological polar surface area (TPSA) is 46.8 Å². The van der Waals surface area contributed by atoms with E-state index in [0.29, 0.717) is 12.0 Å². The van der Waals surface area contributed by atoms with Crippen LogP contribution in [0.15, 0.2) is 18.2 Å². The Morgan fingerprint density at radius 3 is 2.72 bits per heavy atom. The van der Waals surface area contributed by atoms with Crippen LogP contribution < -0.4 is 4.74 Å². The maximum absolute atomic E-state index is 9.31. The van der Waals surface area contributed by atoms with Gasteiger partial charge >= 0.3 is 0 Å². The Labute approximate surface area is 105 Å². The minimum atomic E-state index is 0.0431. The summed E-state index contributed by atoms with van der Waals surface area (Å²) < 4.78 is 7.76. The molecule has 0 aromatic carbocycles. The van der Waals surface area contributed by atoms with Crippen LogP contribution in [0.25, 0.3) is 5.52 Å². The lowest BCUT2D eigenvalue weighted by molar-refractivity contribution is 0.271. The summed E-state index contributed by atoms with van der Waals surface area (Å²) in [6.45, 7) is 0.0431. The molecule has 2 aromatic heterocycles. The number of aliphatic hydroxyl groups is 1. The van der Waals surface area contributed by atoms with E-state index in [4.69, 9.17) is 4.74 Å². The van der Waals surface area contributed by atoms with Crippen molar-refractivity contribution in [2.24, 2.45) is 0 Å². The van der Waals surface area contributed by atoms with Crippen molar-refractivity contribution >= 4 is 5.52 Å². The molecule has 0 amide bonds. The van der Waals surface area contributed by atoms with Crippen LogP contribution in [0.1, 0.15) is 42.9 Å². The lowest BCUT2D eigenvalue weighted by atomic mass is 10.2. The molecule has 1 N–H and O–H groups in total. The number of hydrogen-bond donors (Lipinski definition) is 1. The van der Waals surface area contributed by atoms with Gasteiger partial charge in [-0.25, -0.2) is 4.52 Å². The van der Waals surface area contributed by atoms with Crippen LogP contribution in [-0.2, 0) is 6.61 Å². The summed E-state index contributed by atoms with van der Waals surface area (Å²) in [5.74, 6) is 1.40. The molecule has 4 rings (SSSR count). The number of rotatable bonds is 4. The highest BCUT2D eigenvalue weighted by Crippen LogP contribution is 2.40. The van der Waals surface area contributed by atoms with Gasteiger partial charge in [0.15, 0.2) is 0 Å². The highest BCUT2D eigenvalue weighted by Gasteiger charge is 2.28. The van der Waals surface area contributed by atoms with Gasteiger partial charge in [0, 0.05) is 12.0 Å². The first-order valence-electron chi connectivity index (χ1n) is 6.63. The Bertz CT molecular complexity index is 597. The quantitative estimate of drug-likeness (QED) is 0.897. The Morgan fingerprint density at radius 2 is 2.06 bits per heavy atom. The predicted octanol–water partition coefficient (Wildman–Crippen LogP) is 2.25. The van der Waals surface area contributed by atoms with Crippen LogP contribution in [0.3, 0.4) is 0 Å². The van der Waals surface area contributed by atoms with Gasteiger partial charge in [0.05, 0.1) is 17.8 Å². The number of ether oxygens (including phenoxy) is 1. The third kappa shape index (κ3) is 1.77. The third-order valence-electron chi connectivity index (χ3n) is 3.60. The Morgan fingerprint density at radius 1 is 1.22 bits per heavy atom. The molecule has 4 heteroatoms. The van der Waals surface area contributed by atoms with Crippen LogP contribution in [0.5, 0.6) is 5.88 Å². The standard InChI is InChI=1S/C14H16N2O2/c17-8-9-5-11-7-13(10-1-2-10)15-16(11)14(6-9)18-12-3-4-12/h5-7,10,12,17H,1-4,8H2. The molecular formula is C14H16N2O2. The summed E-state index contributed by atoms with van der Waals surface area (Å²) in [6, 6.07) is 6.00. The fourth-order valence-corrected chi connectivity index (χ4v) is 2.26. The number of hydrogen-bond acceptors (Lipinski definition) is 3. The highest BCUT2D eigenvalue weighted by atomic mass is 16.5. The fraction of sp³-hybridized carbons (Fsp3) is 0.500. The molecule has 0 saturated heterocycles. The maximum atomic E-state index is 9.31. The second-order valence-corrected chi connectivity index (χ2v) is 5.36. The molecule has 2 fully saturated rings. The number of aromatic nitrogens is 2. The molecule has 0 radical (unpaired) electrons. The summed E-state index contributed by atoms with van der Waals surface area (Å²) in [7, 11) is 0. The smallest absolute Gasteiger partial charge is 0.215 e. The maximum Gasteiger partial charge on any atom is 0.215 e. The second-order valence-electron chi connectivity index (χ2n) is 5.36. The van der Waals surface area contributed by atoms with E-state index in [0.717, 1.165) is 35.5 Å². The van der Waals surface area contributed by atoms with Gasteiger partial charge in [-0.1, -0.05) is 0 Å². The zero-order valence-corrected chi connectivity index (χ0v) is 10.2. The van der Waals surface area contributed by atoms with Crippen LogP contribution in [-0.4, -0.2) is 20.8 Å². The molecule has 0 bridgehead atoms. The number of nitrogens with zero attached hydrogens (tertiary/aromatic N) is 2. The lowest BCUT2D eigenvalue weighted by Gasteiger charge is -2.08. The largest absolute Gasteiger partial charge is 0.474 e. The van der Waals surface area contributed by atoms with Crippen molar-refractivity contribution < 1.29 is 9.84 Å². The summed E-state index contributed by atoms with van der Waals surface area (Å²) in [4.78, 5) is 0. The van der Waals surface area contributed by atoms with Crippen molar-refractivity contribution in [3.8, 4) is 5.88 Å². The molecule has 2 aromatic rings. The summed E-state index contributed by atoms with van der Waals surface area (Å²) in [6.07, 6.45) is 5.09. The molecule has 2 aliphatic rings. The molecule has 0 atom stereocenters. The highest BCUT2D eigenvalue weighted by molar-refractivity contribution is 5.53. The lowest BCUT2D eigenvalue weighted by Crippen LogP contribution is -2.04. The molecule has 0 spiro atoms. The van der Waals surface area contributed by atoms with E-state index in [9.17, 15) is 5.11 Å². The van der Waals surface area contributed by atoms with E-state index >= 15 is 0 Å². The van der Waals surface area contributed by atoms with Gasteiger partial charge in [-0.15, -0.1) is 0 Å². The monoisotopic (exact) mass is 244 g/mol. The van der Waals surface area contributed by atoms with Gasteiger partial charge in [0.25, 0.3) is 0 Å². The Balaban J connectivity index is 1.82. The van der Waals surface area contributed by atoms with Crippen LogP contribution >= 0.6 is 0 Å². The molecule has 2 saturated carbocycles. The van der Waals surface area contributed by atoms with Gasteiger partial charge in [-0.3, -0.25) is 0 Å². The first-order chi connectivity index (χ1) is 8.83. The Hall–Kier alpha value is -1.55. The third-order valence-corrected chi connectivity index (χ3v) is 3.60. The van der Waals surface area contributed by atoms with Gasteiger partial charge in [0.1, 0.15) is 6.10 Å². The average molecular weight is 244 g/mol. The fourth-order valence-electron chi connectivity index (χ4n) is 2.26. The van der Waals surface area contributed by atoms with E-state index < -0.39 is 0 Å². The molecule has 18 heavy (non-hydrogen) atoms. The van der Waals surface area contributed by atoms with E-state index in [-0.39, 0.29) is 6.61 Å². The van der Waals surface area contributed by atoms with Crippen LogP contribution in [0.4, 0.5) is 0 Å². The van der Waals surface area contributed by atoms with Crippen molar-refractivity contribution in [1.82, 2.24) is 9.61 Å². The van der Waals surface area contributed by atoms with Crippen molar-refractivity contribution in [2.75, 3.05) is 0 Å². The molecule has 4 nitrogen and oxygen atoms in total. The van der Waals surface area contributed by atoms with Crippen molar-refractivity contribution in [3.63, 3.8) is 0 Å². The van der Waals surface area contributed by atoms with Crippen molar-refractivity contribution in [2.45, 2.75) is 44.3 Å². The van der Waals surface area contributed by atoms with E-state index in [1.807, 2.05) is 16.6 Å². The average Bonchev–Trinajstić information content (AvgIpc) is 3.28. The van der Waals surface area contributed by atoms with E-state index in [1.54, 1.807) is 0 Å². The van der Waals surface area contributed by atoms with Crippen molar-refractivity contribution in [1.29, 1.82) is 0 Å². The van der Waals surface area contributed by atoms with Gasteiger partial charge < -0.3 is 9.84 Å². The van der Waals surface area contributed by atoms with Gasteiger partial charge in [-0.05, 0) is 43.4 Å². The van der Waals surface area contributed by atoms with E-state index in [1.165, 1.54) is 12.8 Å². The molecular weight excluding hydrogens is 228 g/mol. The molecule has 94 valence electrons. The molecule has 2 heterocycles. The van der Waals surface area contributed by atoms with Crippen LogP contribution in [0, 0.1) is 0 Å². The summed E-state index contributed by atoms with van der Waals surface area (Å²) in [5, 5.41) is 14.0. The second kappa shape index (κ2) is 3.72. The van der Waals surface area contributed by atoms with E-state index in [2.05, 4.69) is 11.2 Å². The Kier molecular flexibility index (Phi) is 2.14. The molecule has 0 aliphatic heterocycles. The molecule has 2 aliphatic carbocycles. The number of fused-ring (bicyclic) bond motifs is 1. The first kappa shape index (κ1) is 10.4. The SMILES string of the molecule is OCc1cc(OC2CC2)n2nc(C3CC3)cc2c1. The van der Waals surface area contributed by atoms with Crippen LogP contribution in [0.2, 0.25) is 0 Å². The predicted molar refractivity (Wildman–Crippen MR) is 66.7 cm³/mol. The minimum Gasteiger partial charge on any atom is -0.474 e. The van der Waals surface area contributed by atoms with Gasteiger partial charge in [0.2, 0.25) is 5.88 Å². The number of pyridine rings is 1. The first-order valence-corrected chi connectivity index (χ1v) is 6.63. The minimum absolute atomic E-state index is 0.0431. The van der Waals surface area contributed by atoms with Gasteiger partial charge in [-0.2, -0.15) is 5.10 Å². The van der Waals surface area contributed by atoms with Crippen molar-refractivity contribution in [3.05, 3.63) is 29.5 Å². The summed E-state index contributed by atoms with van der Waals surface area (Å²) >= 11 is 0. The zero-order chi connectivity index (χ0) is 12.1. The normalized spacial score (nSPS) is 19.4. The zero-order valence-electron chi connectivity index (χ0n) is 10.2. The molecule has 0 unspecified atom stereocenters.